The van der Waals surface area contributed by atoms with E-state index in [2.05, 4.69) is 4.98 Å². The van der Waals surface area contributed by atoms with Gasteiger partial charge in [-0.1, -0.05) is 19.1 Å². The Morgan fingerprint density at radius 2 is 2.16 bits per heavy atom. The molecule has 2 atom stereocenters. The number of rotatable bonds is 1. The molecule has 132 valence electrons. The van der Waals surface area contributed by atoms with E-state index in [0.29, 0.717) is 6.42 Å². The number of allylic oxidation sites excluding steroid dienone is 1. The topological polar surface area (TPSA) is 38.1 Å². The van der Waals surface area contributed by atoms with Gasteiger partial charge >= 0.3 is 12.1 Å². The number of aromatic nitrogens is 2. The van der Waals surface area contributed by atoms with Gasteiger partial charge in [0.25, 0.3) is 0 Å². The minimum Gasteiger partial charge on any atom is -0.342 e. The average Bonchev–Trinajstić information content (AvgIpc) is 3.19. The van der Waals surface area contributed by atoms with E-state index in [9.17, 15) is 18.0 Å². The van der Waals surface area contributed by atoms with Crippen LogP contribution in [0.15, 0.2) is 24.5 Å². The predicted molar refractivity (Wildman–Crippen MR) is 87.9 cm³/mol. The van der Waals surface area contributed by atoms with Crippen molar-refractivity contribution in [3.05, 3.63) is 35.8 Å². The second-order valence-corrected chi connectivity index (χ2v) is 6.83. The number of alkyl halides is 3. The molecule has 1 fully saturated rings. The number of likely N-dealkylation sites (tertiary alicyclic amines) is 1. The van der Waals surface area contributed by atoms with E-state index >= 15 is 0 Å². The van der Waals surface area contributed by atoms with Crippen molar-refractivity contribution in [3.63, 3.8) is 0 Å². The zero-order valence-corrected chi connectivity index (χ0v) is 13.8. The predicted octanol–water partition coefficient (Wildman–Crippen LogP) is 3.58. The molecule has 0 spiro atoms. The Morgan fingerprint density at radius 3 is 2.92 bits per heavy atom. The van der Waals surface area contributed by atoms with Crippen molar-refractivity contribution >= 4 is 22.9 Å². The number of pyridine rings is 1. The smallest absolute Gasteiger partial charge is 0.342 e. The fraction of sp³-hybridized carbons (Fsp3) is 0.444. The Bertz CT molecular complexity index is 868. The number of hydrogen-bond acceptors (Lipinski definition) is 2. The van der Waals surface area contributed by atoms with Gasteiger partial charge in [-0.15, -0.1) is 0 Å². The highest BCUT2D eigenvalue weighted by molar-refractivity contribution is 5.90. The van der Waals surface area contributed by atoms with Crippen LogP contribution in [0.1, 0.15) is 30.6 Å². The van der Waals surface area contributed by atoms with Crippen LogP contribution >= 0.6 is 0 Å². The van der Waals surface area contributed by atoms with E-state index < -0.39 is 12.1 Å². The van der Waals surface area contributed by atoms with Crippen LogP contribution in [0.3, 0.4) is 0 Å². The lowest BCUT2D eigenvalue weighted by atomic mass is 9.92. The number of amides is 1. The lowest BCUT2D eigenvalue weighted by molar-refractivity contribution is -0.187. The standard InChI is InChI=1S/C18H18F3N3O/c1-11-5-7-23(17(25)18(19,20)21)10-15(11)24-8-6-12-9-22-14-4-2-3-13(14)16(12)24/h2-3,6,8-9,11,15H,4-5,7,10H2,1H3/t11-,15+/m1/s1. The molecular formula is C18H18F3N3O. The molecule has 0 N–H and O–H groups in total. The van der Waals surface area contributed by atoms with Crippen molar-refractivity contribution in [2.24, 2.45) is 5.92 Å². The van der Waals surface area contributed by atoms with E-state index in [1.807, 2.05) is 42.1 Å². The van der Waals surface area contributed by atoms with Crippen LogP contribution in [0.2, 0.25) is 0 Å². The maximum absolute atomic E-state index is 12.8. The summed E-state index contributed by atoms with van der Waals surface area (Å²) in [5.74, 6) is -1.56. The second kappa shape index (κ2) is 5.61. The maximum Gasteiger partial charge on any atom is 0.471 e. The highest BCUT2D eigenvalue weighted by Crippen LogP contribution is 2.35. The van der Waals surface area contributed by atoms with Gasteiger partial charge in [0.2, 0.25) is 0 Å². The summed E-state index contributed by atoms with van der Waals surface area (Å²) in [4.78, 5) is 17.1. The molecule has 0 bridgehead atoms. The molecule has 7 heteroatoms. The third-order valence-electron chi connectivity index (χ3n) is 5.27. The van der Waals surface area contributed by atoms with E-state index in [4.69, 9.17) is 0 Å². The Labute approximate surface area is 142 Å². The lowest BCUT2D eigenvalue weighted by Crippen LogP contribution is -2.48. The molecule has 0 aromatic carbocycles. The number of fused-ring (bicyclic) bond motifs is 3. The van der Waals surface area contributed by atoms with Crippen molar-refractivity contribution in [2.75, 3.05) is 13.1 Å². The van der Waals surface area contributed by atoms with Crippen molar-refractivity contribution in [1.29, 1.82) is 0 Å². The molecule has 2 aromatic rings. The molecule has 3 heterocycles. The molecular weight excluding hydrogens is 331 g/mol. The van der Waals surface area contributed by atoms with Gasteiger partial charge in [-0.05, 0) is 18.4 Å². The minimum atomic E-state index is -4.82. The van der Waals surface area contributed by atoms with E-state index in [0.717, 1.165) is 33.5 Å². The van der Waals surface area contributed by atoms with Crippen molar-refractivity contribution in [1.82, 2.24) is 14.5 Å². The molecule has 2 aliphatic rings. The summed E-state index contributed by atoms with van der Waals surface area (Å²) in [5, 5.41) is 0.969. The minimum absolute atomic E-state index is 0.0735. The zero-order valence-electron chi connectivity index (χ0n) is 13.8. The fourth-order valence-corrected chi connectivity index (χ4v) is 3.89. The van der Waals surface area contributed by atoms with E-state index in [-0.39, 0.29) is 25.0 Å². The lowest BCUT2D eigenvalue weighted by Gasteiger charge is -2.38. The molecule has 1 aliphatic carbocycles. The van der Waals surface area contributed by atoms with Crippen molar-refractivity contribution in [2.45, 2.75) is 32.0 Å². The normalized spacial score (nSPS) is 23.3. The summed E-state index contributed by atoms with van der Waals surface area (Å²) in [6.07, 6.45) is 4.28. The van der Waals surface area contributed by atoms with Gasteiger partial charge in [-0.2, -0.15) is 13.2 Å². The molecule has 0 saturated carbocycles. The molecule has 1 aliphatic heterocycles. The average molecular weight is 349 g/mol. The van der Waals surface area contributed by atoms with E-state index in [1.165, 1.54) is 0 Å². The van der Waals surface area contributed by atoms with Crippen LogP contribution in [0.25, 0.3) is 17.0 Å². The van der Waals surface area contributed by atoms with Crippen LogP contribution < -0.4 is 0 Å². The van der Waals surface area contributed by atoms with Crippen LogP contribution in [0.4, 0.5) is 13.2 Å². The summed E-state index contributed by atoms with van der Waals surface area (Å²) < 4.78 is 40.5. The van der Waals surface area contributed by atoms with Gasteiger partial charge < -0.3 is 9.47 Å². The summed E-state index contributed by atoms with van der Waals surface area (Å²) >= 11 is 0. The van der Waals surface area contributed by atoms with Crippen molar-refractivity contribution < 1.29 is 18.0 Å². The third kappa shape index (κ3) is 2.62. The molecule has 4 rings (SSSR count). The van der Waals surface area contributed by atoms with E-state index in [1.54, 1.807) is 0 Å². The molecule has 1 amide bonds. The van der Waals surface area contributed by atoms with Crippen LogP contribution in [0, 0.1) is 5.92 Å². The SMILES string of the molecule is C[C@@H]1CCN(C(=O)C(F)(F)F)C[C@@H]1n1ccc2cnc3c(c21)C=CC3. The monoisotopic (exact) mass is 349 g/mol. The molecule has 1 saturated heterocycles. The van der Waals surface area contributed by atoms with Crippen LogP contribution in [0.5, 0.6) is 0 Å². The Morgan fingerprint density at radius 1 is 1.36 bits per heavy atom. The molecule has 0 radical (unpaired) electrons. The van der Waals surface area contributed by atoms with Gasteiger partial charge in [0.15, 0.2) is 0 Å². The quantitative estimate of drug-likeness (QED) is 0.789. The van der Waals surface area contributed by atoms with Gasteiger partial charge in [-0.3, -0.25) is 9.78 Å². The Kier molecular flexibility index (Phi) is 3.63. The molecule has 4 nitrogen and oxygen atoms in total. The summed E-state index contributed by atoms with van der Waals surface area (Å²) in [5.41, 5.74) is 3.02. The molecule has 25 heavy (non-hydrogen) atoms. The van der Waals surface area contributed by atoms with Crippen LogP contribution in [-0.4, -0.2) is 39.6 Å². The van der Waals surface area contributed by atoms with Gasteiger partial charge in [0.1, 0.15) is 0 Å². The first-order valence-corrected chi connectivity index (χ1v) is 8.37. The zero-order chi connectivity index (χ0) is 17.8. The summed E-state index contributed by atoms with van der Waals surface area (Å²) in [6, 6.07) is 1.75. The Balaban J connectivity index is 1.73. The van der Waals surface area contributed by atoms with Gasteiger partial charge in [0, 0.05) is 42.9 Å². The molecule has 0 unspecified atom stereocenters. The largest absolute Gasteiger partial charge is 0.471 e. The van der Waals surface area contributed by atoms with Gasteiger partial charge in [0.05, 0.1) is 17.3 Å². The summed E-state index contributed by atoms with van der Waals surface area (Å²) in [7, 11) is 0. The summed E-state index contributed by atoms with van der Waals surface area (Å²) in [6.45, 7) is 2.25. The number of halogens is 3. The first-order valence-electron chi connectivity index (χ1n) is 8.37. The second-order valence-electron chi connectivity index (χ2n) is 6.83. The number of piperidine rings is 1. The third-order valence-corrected chi connectivity index (χ3v) is 5.27. The first kappa shape index (κ1) is 16.2. The number of nitrogens with zero attached hydrogens (tertiary/aromatic N) is 3. The van der Waals surface area contributed by atoms with Crippen molar-refractivity contribution in [3.8, 4) is 0 Å². The van der Waals surface area contributed by atoms with Crippen LogP contribution in [-0.2, 0) is 11.2 Å². The Hall–Kier alpha value is -2.31. The highest BCUT2D eigenvalue weighted by atomic mass is 19.4. The number of carbonyl (C=O) groups excluding carboxylic acids is 1. The maximum atomic E-state index is 12.8. The van der Waals surface area contributed by atoms with Gasteiger partial charge in [-0.25, -0.2) is 0 Å². The fourth-order valence-electron chi connectivity index (χ4n) is 3.89. The number of hydrogen-bond donors (Lipinski definition) is 0. The molecule has 2 aromatic heterocycles. The highest BCUT2D eigenvalue weighted by Gasteiger charge is 2.44. The number of carbonyl (C=O) groups is 1. The first-order chi connectivity index (χ1) is 11.9.